The van der Waals surface area contributed by atoms with E-state index in [-0.39, 0.29) is 36.0 Å². The first-order valence-corrected chi connectivity index (χ1v) is 9.03. The first-order chi connectivity index (χ1) is 11.1. The van der Waals surface area contributed by atoms with Crippen LogP contribution in [0.25, 0.3) is 0 Å². The number of aliphatic hydroxyl groups excluding tert-OH is 1. The Labute approximate surface area is 136 Å². The number of carbonyl (C=O) groups is 2. The molecule has 2 saturated heterocycles. The van der Waals surface area contributed by atoms with E-state index in [2.05, 4.69) is 5.32 Å². The molecule has 3 atom stereocenters. The normalized spacial score (nSPS) is 40.0. The van der Waals surface area contributed by atoms with E-state index in [4.69, 9.17) is 4.74 Å². The van der Waals surface area contributed by atoms with E-state index >= 15 is 0 Å². The summed E-state index contributed by atoms with van der Waals surface area (Å²) in [6.45, 7) is 1.36. The molecule has 6 heteroatoms. The van der Waals surface area contributed by atoms with Crippen LogP contribution in [0.4, 0.5) is 0 Å². The molecule has 4 aliphatic rings. The number of ether oxygens (including phenoxy) is 1. The summed E-state index contributed by atoms with van der Waals surface area (Å²) in [6, 6.07) is 0.344. The summed E-state index contributed by atoms with van der Waals surface area (Å²) in [5.74, 6) is 0.563. The van der Waals surface area contributed by atoms with Gasteiger partial charge in [-0.25, -0.2) is 0 Å². The number of fused-ring (bicyclic) bond motifs is 1. The topological polar surface area (TPSA) is 78.9 Å². The summed E-state index contributed by atoms with van der Waals surface area (Å²) in [4.78, 5) is 26.5. The highest BCUT2D eigenvalue weighted by molar-refractivity contribution is 5.82. The van der Waals surface area contributed by atoms with Gasteiger partial charge in [0.15, 0.2) is 0 Å². The molecule has 0 radical (unpaired) electrons. The summed E-state index contributed by atoms with van der Waals surface area (Å²) in [6.07, 6.45) is 5.61. The highest BCUT2D eigenvalue weighted by Gasteiger charge is 2.45. The van der Waals surface area contributed by atoms with Crippen LogP contribution in [0.3, 0.4) is 0 Å². The molecular weight excluding hydrogens is 296 g/mol. The summed E-state index contributed by atoms with van der Waals surface area (Å²) < 4.78 is 5.97. The molecule has 0 aromatic rings. The third-order valence-corrected chi connectivity index (χ3v) is 6.07. The summed E-state index contributed by atoms with van der Waals surface area (Å²) >= 11 is 0. The van der Waals surface area contributed by atoms with E-state index in [0.29, 0.717) is 31.3 Å². The Hall–Kier alpha value is -1.14. The number of hydrogen-bond donors (Lipinski definition) is 2. The standard InChI is InChI=1S/C17H26N2O4/c20-13-6-11(7-13)17(22)19-5-4-10-8-14(23-15(10)9-19)16(21)18-12-2-1-3-12/h10-15,20H,1-9H2,(H,18,21)/t10-,11?,13?,14?,15-/m0/s1. The third-order valence-electron chi connectivity index (χ3n) is 6.07. The van der Waals surface area contributed by atoms with Crippen LogP contribution in [0.1, 0.15) is 44.9 Å². The zero-order valence-electron chi connectivity index (χ0n) is 13.4. The van der Waals surface area contributed by atoms with Crippen molar-refractivity contribution in [2.24, 2.45) is 11.8 Å². The molecular formula is C17H26N2O4. The fraction of sp³-hybridized carbons (Fsp3) is 0.882. The quantitative estimate of drug-likeness (QED) is 0.790. The Balaban J connectivity index is 1.29. The molecule has 0 bridgehead atoms. The maximum Gasteiger partial charge on any atom is 0.249 e. The number of nitrogens with one attached hydrogen (secondary N) is 1. The molecule has 2 N–H and O–H groups in total. The lowest BCUT2D eigenvalue weighted by atomic mass is 9.80. The van der Waals surface area contributed by atoms with Crippen molar-refractivity contribution in [3.63, 3.8) is 0 Å². The van der Waals surface area contributed by atoms with Crippen LogP contribution >= 0.6 is 0 Å². The Morgan fingerprint density at radius 3 is 2.57 bits per heavy atom. The van der Waals surface area contributed by atoms with Gasteiger partial charge in [0.05, 0.1) is 12.2 Å². The number of nitrogens with zero attached hydrogens (tertiary/aromatic N) is 1. The second-order valence-corrected chi connectivity index (χ2v) is 7.69. The molecule has 2 aliphatic carbocycles. The van der Waals surface area contributed by atoms with Gasteiger partial charge < -0.3 is 20.1 Å². The van der Waals surface area contributed by atoms with Crippen molar-refractivity contribution in [2.45, 2.75) is 69.3 Å². The molecule has 0 aromatic heterocycles. The SMILES string of the molecule is O=C(NC1CCC1)C1C[C@@H]2CCN(C(=O)C3CC(O)C3)C[C@@H]2O1. The number of amides is 2. The fourth-order valence-corrected chi connectivity index (χ4v) is 4.19. The Morgan fingerprint density at radius 1 is 1.13 bits per heavy atom. The van der Waals surface area contributed by atoms with Gasteiger partial charge in [-0.3, -0.25) is 9.59 Å². The molecule has 1 unspecified atom stereocenters. The third kappa shape index (κ3) is 2.98. The summed E-state index contributed by atoms with van der Waals surface area (Å²) in [5.41, 5.74) is 0. The maximum atomic E-state index is 12.4. The molecule has 6 nitrogen and oxygen atoms in total. The van der Waals surface area contributed by atoms with Crippen molar-refractivity contribution in [2.75, 3.05) is 13.1 Å². The van der Waals surface area contributed by atoms with Crippen molar-refractivity contribution in [3.05, 3.63) is 0 Å². The predicted octanol–water partition coefficient (Wildman–Crippen LogP) is 0.432. The first-order valence-electron chi connectivity index (χ1n) is 9.03. The van der Waals surface area contributed by atoms with E-state index < -0.39 is 0 Å². The van der Waals surface area contributed by atoms with Gasteiger partial charge in [-0.05, 0) is 50.9 Å². The van der Waals surface area contributed by atoms with E-state index in [1.165, 1.54) is 6.42 Å². The number of piperidine rings is 1. The Kier molecular flexibility index (Phi) is 4.05. The van der Waals surface area contributed by atoms with Crippen LogP contribution in [0.2, 0.25) is 0 Å². The van der Waals surface area contributed by atoms with Gasteiger partial charge in [0.2, 0.25) is 11.8 Å². The second kappa shape index (κ2) is 6.06. The minimum absolute atomic E-state index is 0.00478. The van der Waals surface area contributed by atoms with Gasteiger partial charge in [0.1, 0.15) is 6.10 Å². The van der Waals surface area contributed by atoms with E-state index in [1.54, 1.807) is 0 Å². The van der Waals surface area contributed by atoms with Gasteiger partial charge in [0.25, 0.3) is 0 Å². The number of aliphatic hydroxyl groups is 1. The number of rotatable bonds is 3. The average Bonchev–Trinajstić information content (AvgIpc) is 2.90. The zero-order valence-corrected chi connectivity index (χ0v) is 13.4. The maximum absolute atomic E-state index is 12.4. The number of likely N-dealkylation sites (tertiary alicyclic amines) is 1. The van der Waals surface area contributed by atoms with Gasteiger partial charge in [-0.2, -0.15) is 0 Å². The number of carbonyl (C=O) groups excluding carboxylic acids is 2. The second-order valence-electron chi connectivity index (χ2n) is 7.69. The highest BCUT2D eigenvalue weighted by atomic mass is 16.5. The number of hydrogen-bond acceptors (Lipinski definition) is 4. The van der Waals surface area contributed by atoms with Gasteiger partial charge in [-0.15, -0.1) is 0 Å². The molecule has 128 valence electrons. The lowest BCUT2D eigenvalue weighted by molar-refractivity contribution is -0.147. The van der Waals surface area contributed by atoms with Gasteiger partial charge in [0, 0.05) is 25.0 Å². The van der Waals surface area contributed by atoms with Crippen molar-refractivity contribution >= 4 is 11.8 Å². The van der Waals surface area contributed by atoms with Crippen LogP contribution in [0.5, 0.6) is 0 Å². The summed E-state index contributed by atoms with van der Waals surface area (Å²) in [7, 11) is 0. The van der Waals surface area contributed by atoms with E-state index in [1.807, 2.05) is 4.90 Å². The zero-order chi connectivity index (χ0) is 16.0. The van der Waals surface area contributed by atoms with Gasteiger partial charge in [-0.1, -0.05) is 0 Å². The fourth-order valence-electron chi connectivity index (χ4n) is 4.19. The van der Waals surface area contributed by atoms with Crippen LogP contribution in [0.15, 0.2) is 0 Å². The van der Waals surface area contributed by atoms with E-state index in [0.717, 1.165) is 32.2 Å². The molecule has 0 aromatic carbocycles. The molecule has 0 spiro atoms. The van der Waals surface area contributed by atoms with Crippen LogP contribution in [0, 0.1) is 11.8 Å². The van der Waals surface area contributed by atoms with Crippen LogP contribution in [-0.2, 0) is 14.3 Å². The van der Waals surface area contributed by atoms with Crippen LogP contribution < -0.4 is 5.32 Å². The lowest BCUT2D eigenvalue weighted by Gasteiger charge is -2.39. The van der Waals surface area contributed by atoms with Crippen LogP contribution in [-0.4, -0.2) is 59.3 Å². The Morgan fingerprint density at radius 2 is 1.91 bits per heavy atom. The molecule has 4 fully saturated rings. The first kappa shape index (κ1) is 15.4. The highest BCUT2D eigenvalue weighted by Crippen LogP contribution is 2.36. The summed E-state index contributed by atoms with van der Waals surface area (Å²) in [5, 5.41) is 12.4. The van der Waals surface area contributed by atoms with Crippen molar-refractivity contribution < 1.29 is 19.4 Å². The molecule has 4 rings (SSSR count). The smallest absolute Gasteiger partial charge is 0.249 e. The van der Waals surface area contributed by atoms with Crippen molar-refractivity contribution in [3.8, 4) is 0 Å². The lowest BCUT2D eigenvalue weighted by Crippen LogP contribution is -2.50. The molecule has 23 heavy (non-hydrogen) atoms. The van der Waals surface area contributed by atoms with Gasteiger partial charge >= 0.3 is 0 Å². The predicted molar refractivity (Wildman–Crippen MR) is 82.5 cm³/mol. The molecule has 2 saturated carbocycles. The van der Waals surface area contributed by atoms with Crippen molar-refractivity contribution in [1.82, 2.24) is 10.2 Å². The molecule has 2 heterocycles. The molecule has 2 amide bonds. The van der Waals surface area contributed by atoms with Crippen molar-refractivity contribution in [1.29, 1.82) is 0 Å². The molecule has 2 aliphatic heterocycles. The van der Waals surface area contributed by atoms with E-state index in [9.17, 15) is 14.7 Å². The largest absolute Gasteiger partial charge is 0.393 e. The monoisotopic (exact) mass is 322 g/mol. The average molecular weight is 322 g/mol. The minimum Gasteiger partial charge on any atom is -0.393 e. The Bertz CT molecular complexity index is 487. The minimum atomic E-state index is -0.342.